The summed E-state index contributed by atoms with van der Waals surface area (Å²) in [6.45, 7) is 5.70. The summed E-state index contributed by atoms with van der Waals surface area (Å²) in [5, 5.41) is 12.6. The van der Waals surface area contributed by atoms with Crippen LogP contribution in [0.15, 0.2) is 24.3 Å². The Morgan fingerprint density at radius 2 is 1.91 bits per heavy atom. The minimum atomic E-state index is -0.682. The van der Waals surface area contributed by atoms with Crippen molar-refractivity contribution < 1.29 is 14.7 Å². The standard InChI is InChI=1S/C17H26N2O3/c1-5-13-8-6-7-9-14(13)18-16(21)11-19(4)17(22)10-15(20)12(2)3/h6-9,12,15,20H,5,10-11H2,1-4H3,(H,18,21). The van der Waals surface area contributed by atoms with Crippen molar-refractivity contribution >= 4 is 17.5 Å². The molecule has 0 bridgehead atoms. The van der Waals surface area contributed by atoms with Crippen LogP contribution < -0.4 is 5.32 Å². The Labute approximate surface area is 132 Å². The summed E-state index contributed by atoms with van der Waals surface area (Å²) < 4.78 is 0. The van der Waals surface area contributed by atoms with Gasteiger partial charge >= 0.3 is 0 Å². The average Bonchev–Trinajstić information content (AvgIpc) is 2.47. The molecule has 5 nitrogen and oxygen atoms in total. The van der Waals surface area contributed by atoms with E-state index in [0.29, 0.717) is 0 Å². The summed E-state index contributed by atoms with van der Waals surface area (Å²) in [5.41, 5.74) is 1.83. The van der Waals surface area contributed by atoms with Crippen LogP contribution in [0.3, 0.4) is 0 Å². The molecule has 0 saturated heterocycles. The maximum atomic E-state index is 12.0. The SMILES string of the molecule is CCc1ccccc1NC(=O)CN(C)C(=O)CC(O)C(C)C. The molecule has 0 aliphatic carbocycles. The minimum absolute atomic E-state index is 0.0163. The van der Waals surface area contributed by atoms with Crippen molar-refractivity contribution in [2.24, 2.45) is 5.92 Å². The van der Waals surface area contributed by atoms with Gasteiger partial charge in [-0.2, -0.15) is 0 Å². The van der Waals surface area contributed by atoms with Gasteiger partial charge in [0.2, 0.25) is 11.8 Å². The maximum Gasteiger partial charge on any atom is 0.243 e. The van der Waals surface area contributed by atoms with Crippen molar-refractivity contribution in [2.45, 2.75) is 39.7 Å². The van der Waals surface area contributed by atoms with Crippen molar-refractivity contribution in [1.29, 1.82) is 0 Å². The third-order valence-electron chi connectivity index (χ3n) is 3.63. The van der Waals surface area contributed by atoms with Crippen LogP contribution >= 0.6 is 0 Å². The van der Waals surface area contributed by atoms with E-state index in [-0.39, 0.29) is 30.7 Å². The van der Waals surface area contributed by atoms with Crippen LogP contribution in [0.4, 0.5) is 5.69 Å². The molecule has 2 N–H and O–H groups in total. The summed E-state index contributed by atoms with van der Waals surface area (Å²) in [6, 6.07) is 7.60. The van der Waals surface area contributed by atoms with E-state index in [1.807, 2.05) is 45.0 Å². The average molecular weight is 306 g/mol. The number of anilines is 1. The number of carbonyl (C=O) groups is 2. The maximum absolute atomic E-state index is 12.0. The van der Waals surface area contributed by atoms with E-state index >= 15 is 0 Å². The number of hydrogen-bond acceptors (Lipinski definition) is 3. The van der Waals surface area contributed by atoms with Crippen molar-refractivity contribution in [2.75, 3.05) is 18.9 Å². The van der Waals surface area contributed by atoms with Crippen molar-refractivity contribution in [3.05, 3.63) is 29.8 Å². The number of benzene rings is 1. The Balaban J connectivity index is 2.55. The molecule has 0 radical (unpaired) electrons. The summed E-state index contributed by atoms with van der Waals surface area (Å²) >= 11 is 0. The second kappa shape index (κ2) is 8.54. The van der Waals surface area contributed by atoms with Crippen LogP contribution in [0.25, 0.3) is 0 Å². The highest BCUT2D eigenvalue weighted by Crippen LogP contribution is 2.15. The van der Waals surface area contributed by atoms with E-state index in [0.717, 1.165) is 17.7 Å². The van der Waals surface area contributed by atoms with Crippen molar-refractivity contribution in [3.8, 4) is 0 Å². The summed E-state index contributed by atoms with van der Waals surface area (Å²) in [5.74, 6) is -0.460. The van der Waals surface area contributed by atoms with Crippen LogP contribution in [-0.2, 0) is 16.0 Å². The number of aryl methyl sites for hydroxylation is 1. The fourth-order valence-electron chi connectivity index (χ4n) is 2.01. The molecule has 2 amide bonds. The zero-order valence-corrected chi connectivity index (χ0v) is 13.8. The number of likely N-dealkylation sites (N-methyl/N-ethyl adjacent to an activating group) is 1. The number of amides is 2. The van der Waals surface area contributed by atoms with Crippen LogP contribution in [0.1, 0.15) is 32.8 Å². The number of nitrogens with one attached hydrogen (secondary N) is 1. The summed E-state index contributed by atoms with van der Waals surface area (Å²) in [6.07, 6.45) is 0.178. The van der Waals surface area contributed by atoms with Crippen LogP contribution in [-0.4, -0.2) is 41.5 Å². The molecule has 5 heteroatoms. The Hall–Kier alpha value is -1.88. The van der Waals surface area contributed by atoms with Crippen LogP contribution in [0, 0.1) is 5.92 Å². The quantitative estimate of drug-likeness (QED) is 0.810. The molecule has 0 heterocycles. The fourth-order valence-corrected chi connectivity index (χ4v) is 2.01. The Kier molecular flexibility index (Phi) is 7.05. The molecular formula is C17H26N2O3. The van der Waals surface area contributed by atoms with Crippen molar-refractivity contribution in [3.63, 3.8) is 0 Å². The second-order valence-electron chi connectivity index (χ2n) is 5.82. The number of rotatable bonds is 7. The normalized spacial score (nSPS) is 12.1. The molecular weight excluding hydrogens is 280 g/mol. The zero-order chi connectivity index (χ0) is 16.7. The zero-order valence-electron chi connectivity index (χ0n) is 13.8. The van der Waals surface area contributed by atoms with Crippen LogP contribution in [0.5, 0.6) is 0 Å². The van der Waals surface area contributed by atoms with Gasteiger partial charge in [0, 0.05) is 12.7 Å². The second-order valence-corrected chi connectivity index (χ2v) is 5.82. The topological polar surface area (TPSA) is 69.6 Å². The number of nitrogens with zero attached hydrogens (tertiary/aromatic N) is 1. The first kappa shape index (κ1) is 18.2. The lowest BCUT2D eigenvalue weighted by molar-refractivity contribution is -0.135. The lowest BCUT2D eigenvalue weighted by Gasteiger charge is -2.20. The van der Waals surface area contributed by atoms with E-state index in [2.05, 4.69) is 5.32 Å². The van der Waals surface area contributed by atoms with E-state index < -0.39 is 6.10 Å². The smallest absolute Gasteiger partial charge is 0.243 e. The van der Waals surface area contributed by atoms with Gasteiger partial charge in [0.15, 0.2) is 0 Å². The molecule has 0 aromatic heterocycles. The first-order valence-corrected chi connectivity index (χ1v) is 7.64. The molecule has 0 fully saturated rings. The molecule has 22 heavy (non-hydrogen) atoms. The molecule has 0 saturated carbocycles. The molecule has 0 aliphatic rings. The van der Waals surface area contributed by atoms with E-state index in [1.165, 1.54) is 4.90 Å². The Bertz CT molecular complexity index is 514. The highest BCUT2D eigenvalue weighted by molar-refractivity contribution is 5.95. The molecule has 1 atom stereocenters. The summed E-state index contributed by atoms with van der Waals surface area (Å²) in [4.78, 5) is 25.3. The predicted octanol–water partition coefficient (Wildman–Crippen LogP) is 2.05. The summed E-state index contributed by atoms with van der Waals surface area (Å²) in [7, 11) is 1.57. The lowest BCUT2D eigenvalue weighted by Crippen LogP contribution is -2.37. The number of aliphatic hydroxyl groups excluding tert-OH is 1. The number of carbonyl (C=O) groups excluding carboxylic acids is 2. The Morgan fingerprint density at radius 3 is 2.50 bits per heavy atom. The fraction of sp³-hybridized carbons (Fsp3) is 0.529. The number of para-hydroxylation sites is 1. The third-order valence-corrected chi connectivity index (χ3v) is 3.63. The van der Waals surface area contributed by atoms with E-state index in [4.69, 9.17) is 0 Å². The van der Waals surface area contributed by atoms with Gasteiger partial charge in [-0.1, -0.05) is 39.0 Å². The highest BCUT2D eigenvalue weighted by atomic mass is 16.3. The van der Waals surface area contributed by atoms with E-state index in [9.17, 15) is 14.7 Å². The van der Waals surface area contributed by atoms with Gasteiger partial charge in [0.1, 0.15) is 0 Å². The molecule has 1 rings (SSSR count). The molecule has 1 aromatic rings. The molecule has 0 spiro atoms. The van der Waals surface area contributed by atoms with Gasteiger partial charge in [0.05, 0.1) is 19.1 Å². The predicted molar refractivity (Wildman–Crippen MR) is 87.5 cm³/mol. The van der Waals surface area contributed by atoms with Crippen LogP contribution in [0.2, 0.25) is 0 Å². The molecule has 1 aromatic carbocycles. The van der Waals surface area contributed by atoms with Gasteiger partial charge in [0.25, 0.3) is 0 Å². The third kappa shape index (κ3) is 5.48. The van der Waals surface area contributed by atoms with Gasteiger partial charge in [-0.05, 0) is 24.0 Å². The number of aliphatic hydroxyl groups is 1. The van der Waals surface area contributed by atoms with Gasteiger partial charge in [-0.15, -0.1) is 0 Å². The van der Waals surface area contributed by atoms with Gasteiger partial charge in [-0.3, -0.25) is 9.59 Å². The largest absolute Gasteiger partial charge is 0.392 e. The van der Waals surface area contributed by atoms with E-state index in [1.54, 1.807) is 7.05 Å². The molecule has 0 aliphatic heterocycles. The molecule has 122 valence electrons. The first-order chi connectivity index (χ1) is 10.3. The first-order valence-electron chi connectivity index (χ1n) is 7.64. The minimum Gasteiger partial charge on any atom is -0.392 e. The molecule has 1 unspecified atom stereocenters. The van der Waals surface area contributed by atoms with Gasteiger partial charge in [-0.25, -0.2) is 0 Å². The van der Waals surface area contributed by atoms with Gasteiger partial charge < -0.3 is 15.3 Å². The lowest BCUT2D eigenvalue weighted by atomic mass is 10.0. The number of hydrogen-bond donors (Lipinski definition) is 2. The monoisotopic (exact) mass is 306 g/mol. The highest BCUT2D eigenvalue weighted by Gasteiger charge is 2.19. The van der Waals surface area contributed by atoms with Crippen molar-refractivity contribution in [1.82, 2.24) is 4.90 Å². The Morgan fingerprint density at radius 1 is 1.27 bits per heavy atom.